The minimum Gasteiger partial charge on any atom is -0.543 e. The molecule has 4 nitrogen and oxygen atoms in total. The Labute approximate surface area is 34.3 Å². The van der Waals surface area contributed by atoms with Gasteiger partial charge in [-0.1, -0.05) is 0 Å². The van der Waals surface area contributed by atoms with E-state index in [4.69, 9.17) is 0 Å². The van der Waals surface area contributed by atoms with E-state index in [1.807, 2.05) is 0 Å². The minimum absolute atomic E-state index is 0.449. The van der Waals surface area contributed by atoms with Gasteiger partial charge in [0.15, 0.2) is 0 Å². The number of nitrogens with one attached hydrogen (secondary N) is 1. The second kappa shape index (κ2) is 1.06. The Bertz CT molecular complexity index is 79.6. The first kappa shape index (κ1) is 3.30. The highest BCUT2D eigenvalue weighted by Crippen LogP contribution is 1.84. The van der Waals surface area contributed by atoms with E-state index in [2.05, 4.69) is 15.9 Å². The van der Waals surface area contributed by atoms with Crippen molar-refractivity contribution in [2.45, 2.75) is 0 Å². The van der Waals surface area contributed by atoms with Crippen LogP contribution in [-0.2, 0) is 4.84 Å². The van der Waals surface area contributed by atoms with Gasteiger partial charge in [0.05, 0.1) is 5.95 Å². The van der Waals surface area contributed by atoms with E-state index in [-0.39, 0.29) is 0 Å². The monoisotopic (exact) mass is 86.0 g/mol. The molecule has 0 bridgehead atoms. The van der Waals surface area contributed by atoms with Crippen molar-refractivity contribution in [3.05, 3.63) is 12.1 Å². The number of hydrogen-bond donors (Lipinski definition) is 1. The summed E-state index contributed by atoms with van der Waals surface area (Å²) in [4.78, 5) is 3.97. The Morgan fingerprint density at radius 1 is 2.00 bits per heavy atom. The quantitative estimate of drug-likeness (QED) is 0.378. The summed E-state index contributed by atoms with van der Waals surface area (Å²) >= 11 is 0. The zero-order valence-corrected chi connectivity index (χ0v) is 2.84. The number of nitrogens with zero attached hydrogens (tertiary/aromatic N) is 1. The van der Waals surface area contributed by atoms with Crippen LogP contribution in [0, 0.1) is 0 Å². The maximum Gasteiger partial charge on any atom is 0.0884 e. The van der Waals surface area contributed by atoms with Gasteiger partial charge in [-0.05, 0) is 5.59 Å². The predicted octanol–water partition coefficient (Wildman–Crippen LogP) is -1.80. The fraction of sp³-hybridized carbons (Fsp3) is 0. The Morgan fingerprint density at radius 2 is 2.83 bits per heavy atom. The van der Waals surface area contributed by atoms with E-state index in [1.165, 1.54) is 0 Å². The first-order chi connectivity index (χ1) is 2.89. The summed E-state index contributed by atoms with van der Waals surface area (Å²) in [5, 5.41) is 9.81. The third-order valence-electron chi connectivity index (χ3n) is 0.371. The summed E-state index contributed by atoms with van der Waals surface area (Å²) in [5.41, 5.74) is 5.21. The standard InChI is InChI=1S/C2H3N2O2/c5-2-1-3-4-6-2/h1,3,5H/p-1. The summed E-state index contributed by atoms with van der Waals surface area (Å²) < 4.78 is 0. The smallest absolute Gasteiger partial charge is 0.0884 e. The molecule has 0 saturated heterocycles. The molecule has 0 aromatic rings. The van der Waals surface area contributed by atoms with Crippen molar-refractivity contribution in [1.82, 2.24) is 11.0 Å². The van der Waals surface area contributed by atoms with E-state index < -0.39 is 5.95 Å². The molecule has 1 radical (unpaired) electrons. The molecule has 0 fully saturated rings. The van der Waals surface area contributed by atoms with Crippen molar-refractivity contribution in [1.29, 1.82) is 0 Å². The van der Waals surface area contributed by atoms with Crippen LogP contribution in [0.4, 0.5) is 0 Å². The Balaban J connectivity index is 2.45. The summed E-state index contributed by atoms with van der Waals surface area (Å²) in [6.07, 6.45) is 1.12. The lowest BCUT2D eigenvalue weighted by molar-refractivity contribution is -0.361. The summed E-state index contributed by atoms with van der Waals surface area (Å²) in [7, 11) is 0. The van der Waals surface area contributed by atoms with Crippen LogP contribution in [-0.4, -0.2) is 0 Å². The van der Waals surface area contributed by atoms with Gasteiger partial charge in [-0.15, -0.1) is 0 Å². The van der Waals surface area contributed by atoms with Crippen LogP contribution in [0.15, 0.2) is 12.1 Å². The van der Waals surface area contributed by atoms with E-state index in [0.717, 1.165) is 6.20 Å². The molecule has 0 amide bonds. The number of rotatable bonds is 0. The van der Waals surface area contributed by atoms with Gasteiger partial charge >= 0.3 is 0 Å². The van der Waals surface area contributed by atoms with Crippen molar-refractivity contribution in [2.24, 2.45) is 0 Å². The normalized spacial score (nSPS) is 18.3. The van der Waals surface area contributed by atoms with E-state index >= 15 is 0 Å². The van der Waals surface area contributed by atoms with Crippen molar-refractivity contribution in [3.63, 3.8) is 0 Å². The van der Waals surface area contributed by atoms with Gasteiger partial charge in [-0.25, -0.2) is 0 Å². The minimum atomic E-state index is -0.449. The largest absolute Gasteiger partial charge is 0.543 e. The second-order valence-electron chi connectivity index (χ2n) is 0.775. The molecule has 0 saturated carbocycles. The number of hydrogen-bond acceptors (Lipinski definition) is 3. The molecule has 0 spiro atoms. The molecule has 1 N–H and O–H groups in total. The van der Waals surface area contributed by atoms with Crippen molar-refractivity contribution in [2.75, 3.05) is 0 Å². The van der Waals surface area contributed by atoms with Crippen LogP contribution in [0.1, 0.15) is 0 Å². The molecule has 0 aliphatic carbocycles. The van der Waals surface area contributed by atoms with Gasteiger partial charge in [0, 0.05) is 6.20 Å². The Hall–Kier alpha value is -0.900. The maximum absolute atomic E-state index is 9.81. The molecule has 1 heterocycles. The molecule has 1 aliphatic heterocycles. The highest BCUT2D eigenvalue weighted by atomic mass is 16.7. The highest BCUT2D eigenvalue weighted by molar-refractivity contribution is 4.77. The van der Waals surface area contributed by atoms with Gasteiger partial charge in [0.2, 0.25) is 0 Å². The predicted molar refractivity (Wildman–Crippen MR) is 14.4 cm³/mol. The van der Waals surface area contributed by atoms with Gasteiger partial charge in [-0.3, -0.25) is 5.43 Å². The molecule has 6 heavy (non-hydrogen) atoms. The molecule has 33 valence electrons. The molecular formula is C2H2N2O2-. The van der Waals surface area contributed by atoms with Crippen molar-refractivity contribution >= 4 is 0 Å². The Morgan fingerprint density at radius 3 is 3.00 bits per heavy atom. The van der Waals surface area contributed by atoms with Gasteiger partial charge in [0.1, 0.15) is 0 Å². The van der Waals surface area contributed by atoms with E-state index in [1.54, 1.807) is 0 Å². The lowest BCUT2D eigenvalue weighted by Gasteiger charge is -1.98. The first-order valence-corrected chi connectivity index (χ1v) is 1.39. The average molecular weight is 86.0 g/mol. The molecule has 0 unspecified atom stereocenters. The van der Waals surface area contributed by atoms with E-state index in [9.17, 15) is 5.11 Å². The third-order valence-corrected chi connectivity index (χ3v) is 0.371. The highest BCUT2D eigenvalue weighted by Gasteiger charge is 1.85. The molecule has 0 aromatic carbocycles. The first-order valence-electron chi connectivity index (χ1n) is 1.39. The molecule has 1 aliphatic rings. The fourth-order valence-electron chi connectivity index (χ4n) is 0.177. The lowest BCUT2D eigenvalue weighted by Crippen LogP contribution is -2.10. The van der Waals surface area contributed by atoms with E-state index in [0.29, 0.717) is 0 Å². The van der Waals surface area contributed by atoms with Gasteiger partial charge in [0.25, 0.3) is 0 Å². The second-order valence-corrected chi connectivity index (χ2v) is 0.775. The molecule has 0 atom stereocenters. The van der Waals surface area contributed by atoms with Gasteiger partial charge in [-0.2, -0.15) is 0 Å². The Kier molecular flexibility index (Phi) is 0.582. The zero-order valence-electron chi connectivity index (χ0n) is 2.84. The fourth-order valence-corrected chi connectivity index (χ4v) is 0.177. The van der Waals surface area contributed by atoms with Crippen LogP contribution in [0.3, 0.4) is 0 Å². The molecule has 4 heteroatoms. The molecular weight excluding hydrogens is 84.0 g/mol. The van der Waals surface area contributed by atoms with Crippen LogP contribution in [0.2, 0.25) is 0 Å². The van der Waals surface area contributed by atoms with Crippen LogP contribution < -0.4 is 16.1 Å². The molecule has 1 rings (SSSR count). The molecule has 0 aromatic heterocycles. The van der Waals surface area contributed by atoms with Crippen LogP contribution in [0.25, 0.3) is 0 Å². The zero-order chi connectivity index (χ0) is 4.41. The van der Waals surface area contributed by atoms with Crippen LogP contribution >= 0.6 is 0 Å². The summed E-state index contributed by atoms with van der Waals surface area (Å²) in [5.74, 6) is -0.449. The third kappa shape index (κ3) is 0.367. The van der Waals surface area contributed by atoms with Crippen LogP contribution in [0.5, 0.6) is 0 Å². The SMILES string of the molecule is [O-]C1=CN[N]O1. The lowest BCUT2D eigenvalue weighted by atomic mass is 10.9. The summed E-state index contributed by atoms with van der Waals surface area (Å²) in [6, 6.07) is 0. The van der Waals surface area contributed by atoms with Gasteiger partial charge < -0.3 is 9.94 Å². The average Bonchev–Trinajstić information content (AvgIpc) is 1.86. The van der Waals surface area contributed by atoms with Crippen molar-refractivity contribution in [3.8, 4) is 0 Å². The maximum atomic E-state index is 9.81. The summed E-state index contributed by atoms with van der Waals surface area (Å²) in [6.45, 7) is 0. The van der Waals surface area contributed by atoms with Crippen molar-refractivity contribution < 1.29 is 9.94 Å². The topological polar surface area (TPSA) is 58.4 Å².